The number of benzene rings is 2. The highest BCUT2D eigenvalue weighted by Crippen LogP contribution is 2.32. The van der Waals surface area contributed by atoms with Gasteiger partial charge >= 0.3 is 6.03 Å². The monoisotopic (exact) mass is 543 g/mol. The molecule has 10 nitrogen and oxygen atoms in total. The van der Waals surface area contributed by atoms with E-state index in [4.69, 9.17) is 19.9 Å². The lowest BCUT2D eigenvalue weighted by Gasteiger charge is -2.23. The van der Waals surface area contributed by atoms with Crippen LogP contribution in [0.4, 0.5) is 10.6 Å². The first kappa shape index (κ1) is 27.3. The zero-order valence-corrected chi connectivity index (χ0v) is 22.4. The zero-order chi connectivity index (χ0) is 27.9. The van der Waals surface area contributed by atoms with E-state index in [9.17, 15) is 9.59 Å². The summed E-state index contributed by atoms with van der Waals surface area (Å²) < 4.78 is 18.4. The van der Waals surface area contributed by atoms with Crippen LogP contribution in [0.2, 0.25) is 0 Å². The van der Waals surface area contributed by atoms with Crippen molar-refractivity contribution in [3.63, 3.8) is 0 Å². The van der Waals surface area contributed by atoms with Gasteiger partial charge in [-0.3, -0.25) is 9.36 Å². The predicted octanol–water partition coefficient (Wildman–Crippen LogP) is 4.64. The number of methoxy groups -OCH3 is 1. The number of carbonyl (C=O) groups excluding carboxylic acids is 2. The molecule has 0 bridgehead atoms. The molecular weight excluding hydrogens is 510 g/mol. The summed E-state index contributed by atoms with van der Waals surface area (Å²) in [5.41, 5.74) is 8.71. The maximum atomic E-state index is 12.9. The number of amides is 2. The number of piperidine rings is 1. The summed E-state index contributed by atoms with van der Waals surface area (Å²) >= 11 is 0. The number of carbonyl (C=O) groups is 2. The number of hydrogen-bond acceptors (Lipinski definition) is 7. The molecule has 5 rings (SSSR count). The van der Waals surface area contributed by atoms with E-state index in [1.807, 2.05) is 36.4 Å². The lowest BCUT2D eigenvalue weighted by atomic mass is 9.90. The highest BCUT2D eigenvalue weighted by Gasteiger charge is 2.17. The van der Waals surface area contributed by atoms with Crippen molar-refractivity contribution in [1.82, 2.24) is 14.9 Å². The van der Waals surface area contributed by atoms with E-state index in [0.717, 1.165) is 36.9 Å². The number of hydrogen-bond donors (Lipinski definition) is 3. The van der Waals surface area contributed by atoms with Crippen molar-refractivity contribution in [2.24, 2.45) is 5.73 Å². The Morgan fingerprint density at radius 3 is 2.62 bits per heavy atom. The van der Waals surface area contributed by atoms with Gasteiger partial charge in [0, 0.05) is 42.1 Å². The molecule has 10 heteroatoms. The van der Waals surface area contributed by atoms with E-state index in [2.05, 4.69) is 15.6 Å². The van der Waals surface area contributed by atoms with E-state index in [1.165, 1.54) is 10.1 Å². The molecule has 1 aliphatic heterocycles. The lowest BCUT2D eigenvalue weighted by Crippen LogP contribution is -2.26. The number of nitrogens with two attached hydrogens (primary N) is 1. The Morgan fingerprint density at radius 1 is 1.07 bits per heavy atom. The van der Waals surface area contributed by atoms with Crippen LogP contribution < -0.4 is 21.1 Å². The third kappa shape index (κ3) is 6.48. The van der Waals surface area contributed by atoms with E-state index in [-0.39, 0.29) is 12.5 Å². The van der Waals surface area contributed by atoms with Crippen LogP contribution in [-0.4, -0.2) is 54.9 Å². The molecule has 1 saturated heterocycles. The zero-order valence-electron chi connectivity index (χ0n) is 22.4. The molecule has 0 spiro atoms. The summed E-state index contributed by atoms with van der Waals surface area (Å²) in [7, 11) is 1.61. The van der Waals surface area contributed by atoms with Crippen LogP contribution >= 0.6 is 0 Å². The van der Waals surface area contributed by atoms with E-state index in [0.29, 0.717) is 47.5 Å². The Morgan fingerprint density at radius 2 is 1.88 bits per heavy atom. The van der Waals surface area contributed by atoms with Crippen LogP contribution in [-0.2, 0) is 16.1 Å². The van der Waals surface area contributed by atoms with E-state index >= 15 is 0 Å². The molecular formula is C30H33N5O5. The molecule has 0 aliphatic carbocycles. The Bertz CT molecular complexity index is 1480. The Balaban J connectivity index is 1.31. The molecule has 40 heavy (non-hydrogen) atoms. The third-order valence-corrected chi connectivity index (χ3v) is 6.98. The minimum Gasteiger partial charge on any atom is -0.457 e. The fraction of sp³-hybridized carbons (Fsp3) is 0.300. The van der Waals surface area contributed by atoms with Crippen LogP contribution in [0.5, 0.6) is 11.5 Å². The molecule has 0 atom stereocenters. The summed E-state index contributed by atoms with van der Waals surface area (Å²) in [6.07, 6.45) is 5.40. The van der Waals surface area contributed by atoms with Crippen molar-refractivity contribution in [2.45, 2.75) is 25.4 Å². The maximum Gasteiger partial charge on any atom is 0.323 e. The second kappa shape index (κ2) is 12.7. The number of nitrogens with zero attached hydrogens (tertiary/aromatic N) is 2. The Hall–Kier alpha value is -4.25. The molecule has 2 aromatic heterocycles. The van der Waals surface area contributed by atoms with Gasteiger partial charge in [-0.15, -0.1) is 0 Å². The molecule has 3 heterocycles. The van der Waals surface area contributed by atoms with Gasteiger partial charge in [0.25, 0.3) is 5.91 Å². The first-order chi connectivity index (χ1) is 19.5. The average Bonchev–Trinajstić information content (AvgIpc) is 3.39. The fourth-order valence-electron chi connectivity index (χ4n) is 4.85. The molecule has 2 aromatic carbocycles. The normalized spacial score (nSPS) is 13.8. The summed E-state index contributed by atoms with van der Waals surface area (Å²) in [6, 6.07) is 16.0. The minimum absolute atomic E-state index is 0.237. The highest BCUT2D eigenvalue weighted by atomic mass is 16.5. The molecule has 0 unspecified atom stereocenters. The second-order valence-electron chi connectivity index (χ2n) is 9.67. The largest absolute Gasteiger partial charge is 0.457 e. The Kier molecular flexibility index (Phi) is 8.70. The number of anilines is 1. The lowest BCUT2D eigenvalue weighted by molar-refractivity contribution is 0.0610. The number of rotatable bonds is 10. The molecule has 1 aliphatic rings. The number of nitrogens with one attached hydrogen (secondary N) is 2. The van der Waals surface area contributed by atoms with Gasteiger partial charge in [-0.05, 0) is 73.8 Å². The number of primary amides is 1. The van der Waals surface area contributed by atoms with Gasteiger partial charge in [0.05, 0.1) is 25.3 Å². The van der Waals surface area contributed by atoms with Crippen LogP contribution in [0.1, 0.15) is 40.2 Å². The maximum absolute atomic E-state index is 12.9. The van der Waals surface area contributed by atoms with Gasteiger partial charge in [0.2, 0.25) is 0 Å². The number of fused-ring (bicyclic) bond motifs is 1. The van der Waals surface area contributed by atoms with Crippen molar-refractivity contribution in [3.05, 3.63) is 83.7 Å². The van der Waals surface area contributed by atoms with Gasteiger partial charge in [-0.1, -0.05) is 12.1 Å². The summed E-state index contributed by atoms with van der Waals surface area (Å²) in [5, 5.41) is 7.02. The minimum atomic E-state index is -0.578. The molecule has 208 valence electrons. The standard InChI is InChI=1S/C30H33N5O5/c1-38-14-15-39-19-24-16-26-23(9-13-35(26)30(31)37)17-27(24)40-25-8-12-33-28(18-25)34-29(36)22-4-2-20(3-5-22)21-6-10-32-11-7-21/h2-5,8-9,12-13,16-18,21,32H,6-7,10-11,14-15,19H2,1H3,(H2,31,37)(H,33,34,36). The predicted molar refractivity (Wildman–Crippen MR) is 152 cm³/mol. The van der Waals surface area contributed by atoms with E-state index in [1.54, 1.807) is 37.7 Å². The first-order valence-corrected chi connectivity index (χ1v) is 13.3. The van der Waals surface area contributed by atoms with Gasteiger partial charge < -0.3 is 30.6 Å². The molecule has 1 fully saturated rings. The van der Waals surface area contributed by atoms with Gasteiger partial charge in [0.15, 0.2) is 0 Å². The summed E-state index contributed by atoms with van der Waals surface area (Å²) in [5.74, 6) is 1.67. The SMILES string of the molecule is COCCOCc1cc2c(ccn2C(N)=O)cc1Oc1ccnc(NC(=O)c2ccc(C3CCNCC3)cc2)c1. The van der Waals surface area contributed by atoms with Crippen molar-refractivity contribution in [1.29, 1.82) is 0 Å². The molecule has 2 amide bonds. The smallest absolute Gasteiger partial charge is 0.323 e. The fourth-order valence-corrected chi connectivity index (χ4v) is 4.85. The highest BCUT2D eigenvalue weighted by molar-refractivity contribution is 6.03. The van der Waals surface area contributed by atoms with E-state index < -0.39 is 6.03 Å². The molecule has 0 saturated carbocycles. The molecule has 0 radical (unpaired) electrons. The molecule has 4 N–H and O–H groups in total. The number of ether oxygens (including phenoxy) is 3. The van der Waals surface area contributed by atoms with Gasteiger partial charge in [-0.25, -0.2) is 9.78 Å². The van der Waals surface area contributed by atoms with Gasteiger partial charge in [-0.2, -0.15) is 0 Å². The quantitative estimate of drug-likeness (QED) is 0.249. The Labute approximate surface area is 232 Å². The molecule has 4 aromatic rings. The van der Waals surface area contributed by atoms with Gasteiger partial charge in [0.1, 0.15) is 17.3 Å². The summed E-state index contributed by atoms with van der Waals surface area (Å²) in [6.45, 7) is 3.13. The van der Waals surface area contributed by atoms with Crippen LogP contribution in [0, 0.1) is 0 Å². The number of pyridine rings is 1. The van der Waals surface area contributed by atoms with Crippen molar-refractivity contribution >= 4 is 28.7 Å². The third-order valence-electron chi connectivity index (χ3n) is 6.98. The average molecular weight is 544 g/mol. The van der Waals surface area contributed by atoms with Crippen molar-refractivity contribution < 1.29 is 23.8 Å². The van der Waals surface area contributed by atoms with Crippen LogP contribution in [0.15, 0.2) is 67.0 Å². The van der Waals surface area contributed by atoms with Crippen LogP contribution in [0.25, 0.3) is 10.9 Å². The van der Waals surface area contributed by atoms with Crippen molar-refractivity contribution in [3.8, 4) is 11.5 Å². The first-order valence-electron chi connectivity index (χ1n) is 13.3. The second-order valence-corrected chi connectivity index (χ2v) is 9.67. The summed E-state index contributed by atoms with van der Waals surface area (Å²) in [4.78, 5) is 29.1. The number of aromatic nitrogens is 2. The van der Waals surface area contributed by atoms with Crippen LogP contribution in [0.3, 0.4) is 0 Å². The van der Waals surface area contributed by atoms with Crippen molar-refractivity contribution in [2.75, 3.05) is 38.7 Å². The topological polar surface area (TPSA) is 130 Å².